The van der Waals surface area contributed by atoms with Gasteiger partial charge in [-0.1, -0.05) is 11.6 Å². The number of urea groups is 1. The Hall–Kier alpha value is -2.13. The van der Waals surface area contributed by atoms with Gasteiger partial charge in [-0.05, 0) is 37.5 Å². The van der Waals surface area contributed by atoms with Crippen LogP contribution < -0.4 is 4.90 Å². The summed E-state index contributed by atoms with van der Waals surface area (Å²) in [6, 6.07) is 4.47. The first-order valence-electron chi connectivity index (χ1n) is 7.29. The number of hydrogen-bond donors (Lipinski definition) is 0. The summed E-state index contributed by atoms with van der Waals surface area (Å²) in [7, 11) is 1.53. The Bertz CT molecular complexity index is 760. The monoisotopic (exact) mass is 335 g/mol. The second-order valence-corrected chi connectivity index (χ2v) is 6.41. The van der Waals surface area contributed by atoms with Gasteiger partial charge in [-0.25, -0.2) is 14.1 Å². The van der Waals surface area contributed by atoms with Gasteiger partial charge in [0.05, 0.1) is 16.3 Å². The number of carbonyl (C=O) groups excluding carboxylic acids is 2. The number of carbonyl (C=O) groups is 2. The smallest absolute Gasteiger partial charge is 0.312 e. The maximum Gasteiger partial charge on any atom is 0.332 e. The number of nitriles is 1. The molecule has 0 radical (unpaired) electrons. The van der Waals surface area contributed by atoms with Crippen molar-refractivity contribution in [2.24, 2.45) is 0 Å². The second kappa shape index (κ2) is 5.20. The van der Waals surface area contributed by atoms with Crippen LogP contribution in [0.15, 0.2) is 12.1 Å². The fraction of sp³-hybridized carbons (Fsp3) is 0.438. The van der Waals surface area contributed by atoms with Crippen LogP contribution in [-0.2, 0) is 4.79 Å². The third-order valence-corrected chi connectivity index (χ3v) is 5.36. The van der Waals surface area contributed by atoms with Crippen molar-refractivity contribution < 1.29 is 14.0 Å². The van der Waals surface area contributed by atoms with Gasteiger partial charge in [0.15, 0.2) is 0 Å². The van der Waals surface area contributed by atoms with E-state index in [2.05, 4.69) is 0 Å². The van der Waals surface area contributed by atoms with Gasteiger partial charge in [-0.3, -0.25) is 4.79 Å². The Labute approximate surface area is 138 Å². The molecule has 2 atom stereocenters. The molecule has 5 nitrogen and oxygen atoms in total. The molecule has 0 bridgehead atoms. The SMILES string of the molecule is Cc1c(N2C(=O)N(C)C3(CCC(F)C3)C2=O)ccc(C#N)c1Cl. The van der Waals surface area contributed by atoms with Crippen molar-refractivity contribution in [1.29, 1.82) is 5.26 Å². The average molecular weight is 336 g/mol. The lowest BCUT2D eigenvalue weighted by Crippen LogP contribution is -2.45. The molecule has 1 aliphatic heterocycles. The Balaban J connectivity index is 2.09. The summed E-state index contributed by atoms with van der Waals surface area (Å²) in [5.41, 5.74) is -0.00832. The van der Waals surface area contributed by atoms with E-state index in [0.717, 1.165) is 4.90 Å². The molecule has 3 rings (SSSR count). The van der Waals surface area contributed by atoms with Crippen molar-refractivity contribution in [3.05, 3.63) is 28.3 Å². The van der Waals surface area contributed by atoms with Gasteiger partial charge in [0, 0.05) is 13.5 Å². The zero-order chi connectivity index (χ0) is 16.9. The summed E-state index contributed by atoms with van der Waals surface area (Å²) in [5, 5.41) is 9.22. The van der Waals surface area contributed by atoms with E-state index in [9.17, 15) is 14.0 Å². The van der Waals surface area contributed by atoms with Crippen molar-refractivity contribution in [2.45, 2.75) is 37.9 Å². The molecular formula is C16H15ClFN3O2. The zero-order valence-electron chi connectivity index (χ0n) is 12.8. The third-order valence-electron chi connectivity index (χ3n) is 4.87. The van der Waals surface area contributed by atoms with Gasteiger partial charge in [-0.2, -0.15) is 5.26 Å². The van der Waals surface area contributed by atoms with Gasteiger partial charge in [0.1, 0.15) is 17.8 Å². The molecule has 1 aromatic carbocycles. The van der Waals surface area contributed by atoms with Crippen molar-refractivity contribution in [3.63, 3.8) is 0 Å². The number of likely N-dealkylation sites (N-methyl/N-ethyl adjacent to an activating group) is 1. The highest BCUT2D eigenvalue weighted by molar-refractivity contribution is 6.33. The maximum atomic E-state index is 13.7. The van der Waals surface area contributed by atoms with Crippen LogP contribution >= 0.6 is 11.6 Å². The number of amides is 3. The number of benzene rings is 1. The van der Waals surface area contributed by atoms with E-state index in [1.165, 1.54) is 24.1 Å². The van der Waals surface area contributed by atoms with Crippen molar-refractivity contribution >= 4 is 29.2 Å². The lowest BCUT2D eigenvalue weighted by Gasteiger charge is -2.27. The maximum absolute atomic E-state index is 13.7. The van der Waals surface area contributed by atoms with Crippen LogP contribution in [0.2, 0.25) is 5.02 Å². The minimum Gasteiger partial charge on any atom is -0.312 e. The summed E-state index contributed by atoms with van der Waals surface area (Å²) < 4.78 is 13.7. The lowest BCUT2D eigenvalue weighted by molar-refractivity contribution is -0.124. The lowest BCUT2D eigenvalue weighted by atomic mass is 9.96. The van der Waals surface area contributed by atoms with Crippen molar-refractivity contribution in [1.82, 2.24) is 4.90 Å². The van der Waals surface area contributed by atoms with Gasteiger partial charge >= 0.3 is 6.03 Å². The van der Waals surface area contributed by atoms with Crippen molar-refractivity contribution in [2.75, 3.05) is 11.9 Å². The molecule has 0 N–H and O–H groups in total. The van der Waals surface area contributed by atoms with Crippen LogP contribution in [0, 0.1) is 18.3 Å². The predicted molar refractivity (Wildman–Crippen MR) is 83.0 cm³/mol. The van der Waals surface area contributed by atoms with Crippen molar-refractivity contribution in [3.8, 4) is 6.07 Å². The summed E-state index contributed by atoms with van der Waals surface area (Å²) in [6.45, 7) is 1.65. The molecule has 2 fully saturated rings. The topological polar surface area (TPSA) is 64.4 Å². The average Bonchev–Trinajstić information content (AvgIpc) is 3.00. The highest BCUT2D eigenvalue weighted by Crippen LogP contribution is 2.44. The van der Waals surface area contributed by atoms with E-state index in [1.807, 2.05) is 6.07 Å². The minimum atomic E-state index is -1.11. The molecule has 1 aromatic rings. The highest BCUT2D eigenvalue weighted by Gasteiger charge is 2.59. The van der Waals surface area contributed by atoms with Crippen LogP contribution in [0.3, 0.4) is 0 Å². The predicted octanol–water partition coefficient (Wildman–Crippen LogP) is 3.18. The van der Waals surface area contributed by atoms with E-state index in [4.69, 9.17) is 16.9 Å². The standard InChI is InChI=1S/C16H15ClFN3O2/c1-9-12(4-3-10(8-19)13(9)17)21-14(22)16(20(2)15(21)23)6-5-11(18)7-16/h3-4,11H,5-7H2,1-2H3. The second-order valence-electron chi connectivity index (χ2n) is 6.04. The summed E-state index contributed by atoms with van der Waals surface area (Å²) in [5.74, 6) is -0.422. The molecule has 1 spiro atoms. The number of hydrogen-bond acceptors (Lipinski definition) is 3. The normalized spacial score (nSPS) is 27.2. The molecular weight excluding hydrogens is 321 g/mol. The Kier molecular flexibility index (Phi) is 3.56. The number of halogens is 2. The first-order valence-corrected chi connectivity index (χ1v) is 7.67. The quantitative estimate of drug-likeness (QED) is 0.740. The first-order chi connectivity index (χ1) is 10.8. The summed E-state index contributed by atoms with van der Waals surface area (Å²) in [6.07, 6.45) is -0.480. The number of rotatable bonds is 1. The van der Waals surface area contributed by atoms with Crippen LogP contribution in [0.4, 0.5) is 14.9 Å². The minimum absolute atomic E-state index is 0.0215. The number of anilines is 1. The van der Waals surface area contributed by atoms with Crippen LogP contribution in [0.25, 0.3) is 0 Å². The Morgan fingerprint density at radius 2 is 2.13 bits per heavy atom. The Morgan fingerprint density at radius 1 is 1.43 bits per heavy atom. The molecule has 0 aromatic heterocycles. The van der Waals surface area contributed by atoms with Gasteiger partial charge < -0.3 is 4.90 Å². The van der Waals surface area contributed by atoms with E-state index < -0.39 is 23.6 Å². The van der Waals surface area contributed by atoms with E-state index in [1.54, 1.807) is 6.92 Å². The largest absolute Gasteiger partial charge is 0.332 e. The van der Waals surface area contributed by atoms with E-state index in [0.29, 0.717) is 17.7 Å². The highest BCUT2D eigenvalue weighted by atomic mass is 35.5. The molecule has 2 aliphatic rings. The van der Waals surface area contributed by atoms with E-state index in [-0.39, 0.29) is 23.4 Å². The summed E-state index contributed by atoms with van der Waals surface area (Å²) >= 11 is 6.14. The molecule has 1 saturated heterocycles. The van der Waals surface area contributed by atoms with Crippen LogP contribution in [-0.4, -0.2) is 35.6 Å². The van der Waals surface area contributed by atoms with Gasteiger partial charge in [0.2, 0.25) is 0 Å². The third kappa shape index (κ3) is 2.03. The number of imide groups is 1. The fourth-order valence-corrected chi connectivity index (χ4v) is 3.65. The van der Waals surface area contributed by atoms with E-state index >= 15 is 0 Å². The number of nitrogens with zero attached hydrogens (tertiary/aromatic N) is 3. The molecule has 7 heteroatoms. The molecule has 2 unspecified atom stereocenters. The molecule has 120 valence electrons. The molecule has 23 heavy (non-hydrogen) atoms. The molecule has 1 heterocycles. The molecule has 1 saturated carbocycles. The van der Waals surface area contributed by atoms with Gasteiger partial charge in [-0.15, -0.1) is 0 Å². The molecule has 3 amide bonds. The van der Waals surface area contributed by atoms with Crippen LogP contribution in [0.1, 0.15) is 30.4 Å². The fourth-order valence-electron chi connectivity index (χ4n) is 3.45. The van der Waals surface area contributed by atoms with Crippen LogP contribution in [0.5, 0.6) is 0 Å². The van der Waals surface area contributed by atoms with Gasteiger partial charge in [0.25, 0.3) is 5.91 Å². The summed E-state index contributed by atoms with van der Waals surface area (Å²) in [4.78, 5) is 27.9. The number of alkyl halides is 1. The first kappa shape index (κ1) is 15.8. The molecule has 1 aliphatic carbocycles. The zero-order valence-corrected chi connectivity index (χ0v) is 13.5. The Morgan fingerprint density at radius 3 is 2.70 bits per heavy atom.